The van der Waals surface area contributed by atoms with Crippen molar-refractivity contribution in [3.8, 4) is 10.8 Å². The van der Waals surface area contributed by atoms with E-state index in [0.717, 1.165) is 29.4 Å². The van der Waals surface area contributed by atoms with Crippen LogP contribution in [-0.2, 0) is 21.6 Å². The molecule has 2 N–H and O–H groups in total. The normalized spacial score (nSPS) is 18.9. The largest absolute Gasteiger partial charge is 0.480 e. The van der Waals surface area contributed by atoms with Gasteiger partial charge in [-0.2, -0.15) is 0 Å². The predicted octanol–water partition coefficient (Wildman–Crippen LogP) is 4.07. The number of carboxylic acids is 1. The summed E-state index contributed by atoms with van der Waals surface area (Å²) in [6, 6.07) is 9.45. The van der Waals surface area contributed by atoms with Crippen molar-refractivity contribution in [2.45, 2.75) is 76.9 Å². The maximum absolute atomic E-state index is 14.0. The van der Waals surface area contributed by atoms with Gasteiger partial charge < -0.3 is 19.4 Å². The number of aliphatic hydroxyl groups excluding tert-OH is 1. The van der Waals surface area contributed by atoms with Gasteiger partial charge in [0.25, 0.3) is 5.56 Å². The van der Waals surface area contributed by atoms with Gasteiger partial charge in [0.15, 0.2) is 0 Å². The number of rotatable bonds is 8. The van der Waals surface area contributed by atoms with Crippen molar-refractivity contribution in [3.63, 3.8) is 0 Å². The van der Waals surface area contributed by atoms with E-state index in [1.54, 1.807) is 6.92 Å². The Morgan fingerprint density at radius 3 is 2.64 bits per heavy atom. The van der Waals surface area contributed by atoms with E-state index < -0.39 is 35.0 Å². The van der Waals surface area contributed by atoms with E-state index in [1.165, 1.54) is 42.2 Å². The van der Waals surface area contributed by atoms with Crippen LogP contribution in [0.5, 0.6) is 0 Å². The fraction of sp³-hybridized carbons (Fsp3) is 0.429. The molecule has 1 saturated carbocycles. The number of aliphatic hydroxyl groups is 1. The highest BCUT2D eigenvalue weighted by atomic mass is 32.1. The number of aryl methyl sites for hydroxylation is 1. The van der Waals surface area contributed by atoms with Crippen molar-refractivity contribution in [2.24, 2.45) is 0 Å². The van der Waals surface area contributed by atoms with Gasteiger partial charge >= 0.3 is 11.7 Å². The summed E-state index contributed by atoms with van der Waals surface area (Å²) in [5.41, 5.74) is -1.85. The number of aromatic nitrogens is 3. The zero-order valence-corrected chi connectivity index (χ0v) is 22.8. The number of benzene rings is 1. The highest BCUT2D eigenvalue weighted by molar-refractivity contribution is 7.22. The number of hydrogen-bond acceptors (Lipinski definition) is 8. The fourth-order valence-corrected chi connectivity index (χ4v) is 6.41. The lowest BCUT2D eigenvalue weighted by atomic mass is 9.94. The molecule has 1 unspecified atom stereocenters. The lowest BCUT2D eigenvalue weighted by molar-refractivity contribution is -0.146. The first-order valence-corrected chi connectivity index (χ1v) is 13.7. The van der Waals surface area contributed by atoms with E-state index in [0.29, 0.717) is 27.6 Å². The van der Waals surface area contributed by atoms with E-state index in [-0.39, 0.29) is 18.0 Å². The Balaban J connectivity index is 1.72. The SMILES string of the molecule is Cc1c(-c2ncco2)sc2c1c(=O)n(C(C)(C)C(=O)O)c(=O)n2CC(O[C@H]1CCC[C@H](O)C1)c1ccccc1. The van der Waals surface area contributed by atoms with Crippen LogP contribution in [0, 0.1) is 6.92 Å². The van der Waals surface area contributed by atoms with E-state index in [9.17, 15) is 24.6 Å². The van der Waals surface area contributed by atoms with E-state index in [1.807, 2.05) is 30.3 Å². The minimum absolute atomic E-state index is 0.0346. The van der Waals surface area contributed by atoms with Crippen LogP contribution in [0.15, 0.2) is 56.8 Å². The van der Waals surface area contributed by atoms with Crippen LogP contribution in [0.4, 0.5) is 0 Å². The molecule has 1 aromatic carbocycles. The molecule has 11 heteroatoms. The third-order valence-electron chi connectivity index (χ3n) is 7.40. The number of nitrogens with zero attached hydrogens (tertiary/aromatic N) is 3. The summed E-state index contributed by atoms with van der Waals surface area (Å²) in [4.78, 5) is 45.2. The Morgan fingerprint density at radius 2 is 2.00 bits per heavy atom. The second-order valence-electron chi connectivity index (χ2n) is 10.4. The van der Waals surface area contributed by atoms with Crippen LogP contribution in [0.3, 0.4) is 0 Å². The number of aliphatic carboxylic acids is 1. The second kappa shape index (κ2) is 10.6. The lowest BCUT2D eigenvalue weighted by Crippen LogP contribution is -2.52. The quantitative estimate of drug-likeness (QED) is 0.333. The second-order valence-corrected chi connectivity index (χ2v) is 11.4. The molecule has 0 bridgehead atoms. The van der Waals surface area contributed by atoms with Crippen LogP contribution < -0.4 is 11.2 Å². The van der Waals surface area contributed by atoms with Crippen molar-refractivity contribution >= 4 is 27.5 Å². The Kier molecular flexibility index (Phi) is 7.32. The minimum Gasteiger partial charge on any atom is -0.480 e. The first kappa shape index (κ1) is 27.0. The van der Waals surface area contributed by atoms with Crippen LogP contribution in [-0.4, -0.2) is 42.5 Å². The number of thiophene rings is 1. The summed E-state index contributed by atoms with van der Waals surface area (Å²) in [7, 11) is 0. The molecular formula is C28H31N3O7S. The molecule has 0 saturated heterocycles. The molecule has 0 radical (unpaired) electrons. The van der Waals surface area contributed by atoms with Gasteiger partial charge in [0.05, 0.1) is 35.2 Å². The zero-order chi connectivity index (χ0) is 27.9. The molecular weight excluding hydrogens is 522 g/mol. The smallest absolute Gasteiger partial charge is 0.333 e. The number of carbonyl (C=O) groups is 1. The molecule has 1 aliphatic rings. The van der Waals surface area contributed by atoms with Gasteiger partial charge in [-0.3, -0.25) is 9.36 Å². The van der Waals surface area contributed by atoms with Gasteiger partial charge in [-0.25, -0.2) is 19.1 Å². The molecule has 3 aromatic heterocycles. The molecule has 3 heterocycles. The molecule has 1 fully saturated rings. The Bertz CT molecular complexity index is 1600. The van der Waals surface area contributed by atoms with Crippen molar-refractivity contribution in [1.82, 2.24) is 14.1 Å². The van der Waals surface area contributed by atoms with Crippen molar-refractivity contribution in [2.75, 3.05) is 0 Å². The van der Waals surface area contributed by atoms with Gasteiger partial charge in [0.2, 0.25) is 5.89 Å². The number of hydrogen-bond donors (Lipinski definition) is 2. The topological polar surface area (TPSA) is 137 Å². The monoisotopic (exact) mass is 553 g/mol. The molecule has 5 rings (SSSR count). The first-order chi connectivity index (χ1) is 18.6. The molecule has 0 spiro atoms. The van der Waals surface area contributed by atoms with E-state index in [2.05, 4.69) is 4.98 Å². The lowest BCUT2D eigenvalue weighted by Gasteiger charge is -2.31. The molecule has 3 atom stereocenters. The van der Waals surface area contributed by atoms with Gasteiger partial charge in [-0.15, -0.1) is 11.3 Å². The molecule has 39 heavy (non-hydrogen) atoms. The number of oxazole rings is 1. The van der Waals surface area contributed by atoms with Gasteiger partial charge in [0, 0.05) is 0 Å². The summed E-state index contributed by atoms with van der Waals surface area (Å²) in [6.45, 7) is 4.44. The van der Waals surface area contributed by atoms with E-state index in [4.69, 9.17) is 9.15 Å². The van der Waals surface area contributed by atoms with Gasteiger partial charge in [-0.05, 0) is 57.6 Å². The van der Waals surface area contributed by atoms with E-state index >= 15 is 0 Å². The van der Waals surface area contributed by atoms with Crippen LogP contribution in [0.25, 0.3) is 21.0 Å². The average molecular weight is 554 g/mol. The summed E-state index contributed by atoms with van der Waals surface area (Å²) in [5.74, 6) is -0.997. The molecule has 0 aliphatic heterocycles. The van der Waals surface area contributed by atoms with Crippen LogP contribution >= 0.6 is 11.3 Å². The zero-order valence-electron chi connectivity index (χ0n) is 22.0. The summed E-state index contributed by atoms with van der Waals surface area (Å²) in [6.07, 6.45) is 4.51. The number of fused-ring (bicyclic) bond motifs is 1. The predicted molar refractivity (Wildman–Crippen MR) is 146 cm³/mol. The summed E-state index contributed by atoms with van der Waals surface area (Å²) in [5, 5.41) is 20.4. The van der Waals surface area contributed by atoms with Gasteiger partial charge in [-0.1, -0.05) is 30.3 Å². The standard InChI is InChI=1S/C28H31N3O7S/c1-16-21-24(33)31(28(2,3)26(34)35)27(36)30(25(21)39-22(16)23-29-12-13-37-23)15-20(17-8-5-4-6-9-17)38-19-11-7-10-18(32)14-19/h4-6,8-9,12-13,18-20,32H,7,10-11,14-15H2,1-3H3,(H,34,35)/t18-,19-,20?/m0/s1. The molecule has 0 amide bonds. The maximum atomic E-state index is 14.0. The van der Waals surface area contributed by atoms with Crippen molar-refractivity contribution in [3.05, 3.63) is 74.8 Å². The third-order valence-corrected chi connectivity index (χ3v) is 8.70. The Hall–Kier alpha value is -3.54. The van der Waals surface area contributed by atoms with Gasteiger partial charge in [0.1, 0.15) is 22.7 Å². The average Bonchev–Trinajstić information content (AvgIpc) is 3.54. The molecule has 10 nitrogen and oxygen atoms in total. The maximum Gasteiger partial charge on any atom is 0.333 e. The Labute approximate surface area is 228 Å². The molecule has 1 aliphatic carbocycles. The number of ether oxygens (including phenoxy) is 1. The van der Waals surface area contributed by atoms with Crippen molar-refractivity contribution in [1.29, 1.82) is 0 Å². The van der Waals surface area contributed by atoms with Crippen LogP contribution in [0.1, 0.15) is 56.8 Å². The third kappa shape index (κ3) is 4.97. The summed E-state index contributed by atoms with van der Waals surface area (Å²) < 4.78 is 14.3. The Morgan fingerprint density at radius 1 is 1.26 bits per heavy atom. The molecule has 4 aromatic rings. The highest BCUT2D eigenvalue weighted by Gasteiger charge is 2.36. The summed E-state index contributed by atoms with van der Waals surface area (Å²) >= 11 is 1.20. The van der Waals surface area contributed by atoms with Crippen molar-refractivity contribution < 1.29 is 24.2 Å². The first-order valence-electron chi connectivity index (χ1n) is 12.9. The molecule has 206 valence electrons. The van der Waals surface area contributed by atoms with Crippen LogP contribution in [0.2, 0.25) is 0 Å². The highest BCUT2D eigenvalue weighted by Crippen LogP contribution is 2.37. The fourth-order valence-electron chi connectivity index (χ4n) is 5.17. The minimum atomic E-state index is -1.81. The number of carboxylic acid groups (broad SMARTS) is 1.